The first-order chi connectivity index (χ1) is 15.4. The SMILES string of the molecule is CC(C)CCCCCCCOC(=O)C1C=CCCC1C(=O)OCCCCCCCC(C)C.O. The van der Waals surface area contributed by atoms with Crippen molar-refractivity contribution in [3.63, 3.8) is 0 Å². The predicted octanol–water partition coefficient (Wildman–Crippen LogP) is 6.82. The van der Waals surface area contributed by atoms with E-state index in [0.29, 0.717) is 19.6 Å². The van der Waals surface area contributed by atoms with E-state index < -0.39 is 11.8 Å². The third-order valence-corrected chi connectivity index (χ3v) is 6.34. The normalized spacial score (nSPS) is 17.8. The smallest absolute Gasteiger partial charge is 0.313 e. The number of ether oxygens (including phenoxy) is 2. The van der Waals surface area contributed by atoms with Gasteiger partial charge in [0.25, 0.3) is 0 Å². The van der Waals surface area contributed by atoms with Crippen LogP contribution < -0.4 is 0 Å². The van der Waals surface area contributed by atoms with Gasteiger partial charge in [-0.1, -0.05) is 104 Å². The average Bonchev–Trinajstić information content (AvgIpc) is 2.76. The minimum Gasteiger partial charge on any atom is -0.465 e. The summed E-state index contributed by atoms with van der Waals surface area (Å²) in [4.78, 5) is 25.2. The number of allylic oxidation sites excluding steroid dienone is 1. The van der Waals surface area contributed by atoms with Crippen molar-refractivity contribution in [3.05, 3.63) is 12.2 Å². The van der Waals surface area contributed by atoms with E-state index in [0.717, 1.165) is 43.9 Å². The van der Waals surface area contributed by atoms with Crippen LogP contribution in [0.5, 0.6) is 0 Å². The number of esters is 2. The molecular weight excluding hydrogens is 416 g/mol. The second kappa shape index (κ2) is 20.1. The Hall–Kier alpha value is -1.36. The lowest BCUT2D eigenvalue weighted by molar-refractivity contribution is -0.159. The third kappa shape index (κ3) is 16.0. The van der Waals surface area contributed by atoms with Gasteiger partial charge in [0, 0.05) is 0 Å². The number of rotatable bonds is 18. The van der Waals surface area contributed by atoms with Gasteiger partial charge in [-0.3, -0.25) is 9.59 Å². The topological polar surface area (TPSA) is 84.1 Å². The number of hydrogen-bond acceptors (Lipinski definition) is 4. The van der Waals surface area contributed by atoms with Crippen molar-refractivity contribution >= 4 is 11.9 Å². The maximum atomic E-state index is 12.6. The minimum atomic E-state index is -0.488. The van der Waals surface area contributed by atoms with Crippen LogP contribution in [0.15, 0.2) is 12.2 Å². The van der Waals surface area contributed by atoms with E-state index in [1.807, 2.05) is 12.2 Å². The van der Waals surface area contributed by atoms with E-state index in [1.165, 1.54) is 51.4 Å². The van der Waals surface area contributed by atoms with E-state index in [-0.39, 0.29) is 17.4 Å². The highest BCUT2D eigenvalue weighted by atomic mass is 16.5. The van der Waals surface area contributed by atoms with E-state index >= 15 is 0 Å². The van der Waals surface area contributed by atoms with Crippen LogP contribution in [0.2, 0.25) is 0 Å². The Balaban J connectivity index is 0.0000102. The molecule has 5 heteroatoms. The van der Waals surface area contributed by atoms with Crippen molar-refractivity contribution in [3.8, 4) is 0 Å². The van der Waals surface area contributed by atoms with Crippen molar-refractivity contribution in [2.75, 3.05) is 13.2 Å². The van der Waals surface area contributed by atoms with Gasteiger partial charge in [0.1, 0.15) is 0 Å². The molecule has 0 bridgehead atoms. The molecule has 2 N–H and O–H groups in total. The van der Waals surface area contributed by atoms with Gasteiger partial charge in [0.15, 0.2) is 0 Å². The van der Waals surface area contributed by atoms with Gasteiger partial charge in [-0.25, -0.2) is 0 Å². The van der Waals surface area contributed by atoms with E-state index in [1.54, 1.807) is 0 Å². The quantitative estimate of drug-likeness (QED) is 0.125. The fraction of sp³-hybridized carbons (Fsp3) is 0.857. The molecule has 2 unspecified atom stereocenters. The van der Waals surface area contributed by atoms with Crippen LogP contribution >= 0.6 is 0 Å². The summed E-state index contributed by atoms with van der Waals surface area (Å²) in [6.45, 7) is 9.96. The zero-order valence-electron chi connectivity index (χ0n) is 21.9. The summed E-state index contributed by atoms with van der Waals surface area (Å²) < 4.78 is 11.0. The van der Waals surface area contributed by atoms with E-state index in [4.69, 9.17) is 9.47 Å². The van der Waals surface area contributed by atoms with Gasteiger partial charge in [-0.15, -0.1) is 0 Å². The molecule has 0 saturated heterocycles. The Morgan fingerprint density at radius 2 is 1.18 bits per heavy atom. The van der Waals surface area contributed by atoms with Crippen LogP contribution in [-0.2, 0) is 19.1 Å². The van der Waals surface area contributed by atoms with Gasteiger partial charge < -0.3 is 14.9 Å². The zero-order valence-corrected chi connectivity index (χ0v) is 21.9. The lowest BCUT2D eigenvalue weighted by atomic mass is 9.84. The first kappa shape index (κ1) is 31.6. The molecular formula is C28H52O5. The number of carbonyl (C=O) groups is 2. The van der Waals surface area contributed by atoms with E-state index in [2.05, 4.69) is 27.7 Å². The molecule has 0 amide bonds. The van der Waals surface area contributed by atoms with Crippen LogP contribution in [0.1, 0.15) is 118 Å². The summed E-state index contributed by atoms with van der Waals surface area (Å²) in [6.07, 6.45) is 19.4. The first-order valence-corrected chi connectivity index (χ1v) is 13.4. The van der Waals surface area contributed by atoms with E-state index in [9.17, 15) is 9.59 Å². The first-order valence-electron chi connectivity index (χ1n) is 13.4. The van der Waals surface area contributed by atoms with Crippen LogP contribution in [0.25, 0.3) is 0 Å². The molecule has 1 aliphatic rings. The molecule has 0 spiro atoms. The highest BCUT2D eigenvalue weighted by Gasteiger charge is 2.35. The van der Waals surface area contributed by atoms with Gasteiger partial charge in [-0.05, 0) is 37.5 Å². The number of unbranched alkanes of at least 4 members (excludes halogenated alkanes) is 8. The summed E-state index contributed by atoms with van der Waals surface area (Å²) >= 11 is 0. The third-order valence-electron chi connectivity index (χ3n) is 6.34. The molecule has 0 saturated carbocycles. The summed E-state index contributed by atoms with van der Waals surface area (Å²) in [5.74, 6) is 0.167. The molecule has 5 nitrogen and oxygen atoms in total. The lowest BCUT2D eigenvalue weighted by Crippen LogP contribution is -2.33. The molecule has 0 fully saturated rings. The summed E-state index contributed by atoms with van der Waals surface area (Å²) in [7, 11) is 0. The maximum absolute atomic E-state index is 12.6. The Bertz CT molecular complexity index is 526. The highest BCUT2D eigenvalue weighted by Crippen LogP contribution is 2.27. The van der Waals surface area contributed by atoms with Gasteiger partial charge in [0.2, 0.25) is 0 Å². The fourth-order valence-corrected chi connectivity index (χ4v) is 4.26. The van der Waals surface area contributed by atoms with Crippen molar-refractivity contribution in [2.45, 2.75) is 118 Å². The Labute approximate surface area is 203 Å². The Morgan fingerprint density at radius 1 is 0.727 bits per heavy atom. The van der Waals surface area contributed by atoms with Crippen molar-refractivity contribution in [1.82, 2.24) is 0 Å². The fourth-order valence-electron chi connectivity index (χ4n) is 4.26. The second-order valence-corrected chi connectivity index (χ2v) is 10.4. The van der Waals surface area contributed by atoms with Gasteiger partial charge >= 0.3 is 11.9 Å². The molecule has 194 valence electrons. The largest absolute Gasteiger partial charge is 0.465 e. The molecule has 33 heavy (non-hydrogen) atoms. The van der Waals surface area contributed by atoms with Crippen LogP contribution in [0, 0.1) is 23.7 Å². The average molecular weight is 469 g/mol. The van der Waals surface area contributed by atoms with Gasteiger partial charge in [0.05, 0.1) is 25.0 Å². The molecule has 0 heterocycles. The van der Waals surface area contributed by atoms with Crippen molar-refractivity contribution in [2.24, 2.45) is 23.7 Å². The van der Waals surface area contributed by atoms with Crippen molar-refractivity contribution in [1.29, 1.82) is 0 Å². The number of carbonyl (C=O) groups excluding carboxylic acids is 2. The van der Waals surface area contributed by atoms with Gasteiger partial charge in [-0.2, -0.15) is 0 Å². The number of hydrogen-bond donors (Lipinski definition) is 0. The zero-order chi connectivity index (χ0) is 23.6. The van der Waals surface area contributed by atoms with Crippen LogP contribution in [0.3, 0.4) is 0 Å². The maximum Gasteiger partial charge on any atom is 0.313 e. The monoisotopic (exact) mass is 468 g/mol. The van der Waals surface area contributed by atoms with Crippen molar-refractivity contribution < 1.29 is 24.5 Å². The molecule has 0 radical (unpaired) electrons. The molecule has 0 aliphatic heterocycles. The highest BCUT2D eigenvalue weighted by molar-refractivity contribution is 5.83. The summed E-state index contributed by atoms with van der Waals surface area (Å²) in [6, 6.07) is 0. The molecule has 0 aromatic carbocycles. The molecule has 1 rings (SSSR count). The predicted molar refractivity (Wildman–Crippen MR) is 136 cm³/mol. The summed E-state index contributed by atoms with van der Waals surface area (Å²) in [5.41, 5.74) is 0. The minimum absolute atomic E-state index is 0. The summed E-state index contributed by atoms with van der Waals surface area (Å²) in [5, 5.41) is 0. The standard InChI is InChI=1S/C28H50O4.H2O/c1-23(2)17-11-7-5-9-15-21-31-27(29)25-19-13-14-20-26(25)28(30)32-22-16-10-6-8-12-18-24(3)4;/h13,19,23-26H,5-12,14-18,20-22H2,1-4H3;1H2. The Kier molecular flexibility index (Phi) is 19.2. The molecule has 1 aliphatic carbocycles. The van der Waals surface area contributed by atoms with Crippen LogP contribution in [0.4, 0.5) is 0 Å². The van der Waals surface area contributed by atoms with Crippen LogP contribution in [-0.4, -0.2) is 30.6 Å². The second-order valence-electron chi connectivity index (χ2n) is 10.4. The lowest BCUT2D eigenvalue weighted by Gasteiger charge is -2.24. The molecule has 0 aromatic heterocycles. The molecule has 2 atom stereocenters. The molecule has 0 aromatic rings. The Morgan fingerprint density at radius 3 is 1.70 bits per heavy atom.